The normalized spacial score (nSPS) is 11.0. The topological polar surface area (TPSA) is 126 Å². The molecule has 1 aromatic heterocycles. The van der Waals surface area contributed by atoms with Crippen LogP contribution in [0.5, 0.6) is 11.6 Å². The van der Waals surface area contributed by atoms with Gasteiger partial charge in [-0.25, -0.2) is 14.8 Å². The molecule has 0 aliphatic heterocycles. The first-order valence-corrected chi connectivity index (χ1v) is 9.62. The number of amides is 1. The number of carbonyl (C=O) groups excluding carboxylic acids is 1. The number of rotatable bonds is 10. The van der Waals surface area contributed by atoms with Crippen LogP contribution in [0, 0.1) is 0 Å². The van der Waals surface area contributed by atoms with Crippen LogP contribution in [0.3, 0.4) is 0 Å². The summed E-state index contributed by atoms with van der Waals surface area (Å²) in [6.45, 7) is 4.23. The van der Waals surface area contributed by atoms with Gasteiger partial charge in [0.15, 0.2) is 0 Å². The Labute approximate surface area is 168 Å². The highest BCUT2D eigenvalue weighted by atomic mass is 16.5. The van der Waals surface area contributed by atoms with Gasteiger partial charge >= 0.3 is 5.69 Å². The fourth-order valence-corrected chi connectivity index (χ4v) is 2.73. The summed E-state index contributed by atoms with van der Waals surface area (Å²) in [5.41, 5.74) is 0.684. The van der Waals surface area contributed by atoms with E-state index in [0.29, 0.717) is 18.8 Å². The minimum Gasteiger partial charge on any atom is -0.493 e. The van der Waals surface area contributed by atoms with Crippen molar-refractivity contribution in [1.82, 2.24) is 15.0 Å². The third-order valence-corrected chi connectivity index (χ3v) is 4.17. The summed E-state index contributed by atoms with van der Waals surface area (Å²) in [7, 11) is 0. The van der Waals surface area contributed by atoms with Crippen LogP contribution in [0.25, 0.3) is 5.69 Å². The second kappa shape index (κ2) is 10.8. The number of para-hydroxylation sites is 2. The molecule has 0 atom stereocenters. The molecule has 29 heavy (non-hydrogen) atoms. The molecule has 0 saturated carbocycles. The molecule has 0 aliphatic rings. The van der Waals surface area contributed by atoms with Crippen LogP contribution in [0.1, 0.15) is 51.5 Å². The van der Waals surface area contributed by atoms with Crippen molar-refractivity contribution in [3.63, 3.8) is 0 Å². The van der Waals surface area contributed by atoms with Crippen molar-refractivity contribution in [3.05, 3.63) is 50.7 Å². The number of carbonyl (C=O) groups is 1. The number of ether oxygens (including phenoxy) is 1. The zero-order chi connectivity index (χ0) is 21.2. The van der Waals surface area contributed by atoms with Crippen LogP contribution in [0.4, 0.5) is 0 Å². The van der Waals surface area contributed by atoms with Gasteiger partial charge in [-0.15, -0.1) is 0 Å². The molecule has 1 heterocycles. The summed E-state index contributed by atoms with van der Waals surface area (Å²) in [5.74, 6) is -0.530. The largest absolute Gasteiger partial charge is 0.493 e. The van der Waals surface area contributed by atoms with Gasteiger partial charge in [-0.2, -0.15) is 5.10 Å². The molecular formula is C20H26N4O5. The molecule has 2 rings (SSSR count). The van der Waals surface area contributed by atoms with Crippen LogP contribution in [0.2, 0.25) is 0 Å². The van der Waals surface area contributed by atoms with E-state index in [9.17, 15) is 19.5 Å². The maximum Gasteiger partial charge on any atom is 0.335 e. The molecule has 9 heteroatoms. The Morgan fingerprint density at radius 2 is 2.00 bits per heavy atom. The summed E-state index contributed by atoms with van der Waals surface area (Å²) in [6.07, 6.45) is 5.17. The fourth-order valence-electron chi connectivity index (χ4n) is 2.73. The predicted octanol–water partition coefficient (Wildman–Crippen LogP) is 2.05. The molecule has 0 saturated heterocycles. The lowest BCUT2D eigenvalue weighted by atomic mass is 10.1. The first kappa shape index (κ1) is 21.9. The zero-order valence-electron chi connectivity index (χ0n) is 16.6. The smallest absolute Gasteiger partial charge is 0.335 e. The maximum atomic E-state index is 12.3. The van der Waals surface area contributed by atoms with Crippen LogP contribution in [-0.2, 0) is 4.79 Å². The average Bonchev–Trinajstić information content (AvgIpc) is 2.69. The summed E-state index contributed by atoms with van der Waals surface area (Å²) in [5, 5.41) is 14.3. The first-order chi connectivity index (χ1) is 14.0. The van der Waals surface area contributed by atoms with Gasteiger partial charge in [0.25, 0.3) is 5.56 Å². The number of hydrogen-bond donors (Lipinski definition) is 3. The van der Waals surface area contributed by atoms with E-state index in [1.165, 1.54) is 0 Å². The van der Waals surface area contributed by atoms with Crippen LogP contribution < -0.4 is 21.4 Å². The highest BCUT2D eigenvalue weighted by molar-refractivity contribution is 5.84. The van der Waals surface area contributed by atoms with Gasteiger partial charge in [0.1, 0.15) is 11.3 Å². The Bertz CT molecular complexity index is 978. The number of unbranched alkanes of at least 4 members (excludes halogenated alkanes) is 3. The molecule has 0 bridgehead atoms. The molecule has 0 spiro atoms. The molecule has 1 aromatic carbocycles. The van der Waals surface area contributed by atoms with Gasteiger partial charge in [-0.05, 0) is 25.5 Å². The quantitative estimate of drug-likeness (QED) is 0.319. The van der Waals surface area contributed by atoms with Crippen molar-refractivity contribution in [3.8, 4) is 17.3 Å². The third-order valence-electron chi connectivity index (χ3n) is 4.17. The number of aromatic nitrogens is 2. The van der Waals surface area contributed by atoms with Crippen molar-refractivity contribution >= 4 is 12.1 Å². The van der Waals surface area contributed by atoms with Crippen molar-refractivity contribution < 1.29 is 14.6 Å². The van der Waals surface area contributed by atoms with Gasteiger partial charge in [-0.1, -0.05) is 38.3 Å². The summed E-state index contributed by atoms with van der Waals surface area (Å²) >= 11 is 0. The van der Waals surface area contributed by atoms with Crippen molar-refractivity contribution in [1.29, 1.82) is 0 Å². The molecule has 3 N–H and O–H groups in total. The van der Waals surface area contributed by atoms with Gasteiger partial charge in [0, 0.05) is 6.42 Å². The molecule has 2 aromatic rings. The lowest BCUT2D eigenvalue weighted by Crippen LogP contribution is -2.32. The van der Waals surface area contributed by atoms with Crippen LogP contribution in [-0.4, -0.2) is 33.4 Å². The third kappa shape index (κ3) is 5.81. The zero-order valence-corrected chi connectivity index (χ0v) is 16.6. The Balaban J connectivity index is 2.27. The highest BCUT2D eigenvalue weighted by Gasteiger charge is 2.17. The molecular weight excluding hydrogens is 376 g/mol. The van der Waals surface area contributed by atoms with Gasteiger partial charge in [0.2, 0.25) is 11.8 Å². The Hall–Kier alpha value is -3.36. The van der Waals surface area contributed by atoms with Crippen molar-refractivity contribution in [2.75, 3.05) is 6.61 Å². The van der Waals surface area contributed by atoms with Crippen molar-refractivity contribution in [2.24, 2.45) is 5.10 Å². The Morgan fingerprint density at radius 3 is 2.72 bits per heavy atom. The second-order valence-electron chi connectivity index (χ2n) is 6.34. The molecule has 9 nitrogen and oxygen atoms in total. The molecule has 0 radical (unpaired) electrons. The van der Waals surface area contributed by atoms with Crippen molar-refractivity contribution in [2.45, 2.75) is 46.0 Å². The van der Waals surface area contributed by atoms with E-state index >= 15 is 0 Å². The number of hydrogen-bond acceptors (Lipinski definition) is 6. The fraction of sp³-hybridized carbons (Fsp3) is 0.400. The standard InChI is InChI=1S/C20H26N4O5/c1-3-5-6-7-12-17(25)23-21-13-14-18(26)22-20(28)24(19(14)27)15-10-8-9-11-16(15)29-4-2/h8-11,13,27H,3-7,12H2,1-2H3,(H,23,25)(H,22,26,28)/b21-13+. The SMILES string of the molecule is CCCCCCC(=O)N/N=C/c1c(O)n(-c2ccccc2OCC)c(=O)[nH]c1=O. The summed E-state index contributed by atoms with van der Waals surface area (Å²) in [6, 6.07) is 6.60. The number of nitrogens with one attached hydrogen (secondary N) is 2. The maximum absolute atomic E-state index is 12.3. The van der Waals surface area contributed by atoms with E-state index in [-0.39, 0.29) is 17.2 Å². The number of aromatic amines is 1. The summed E-state index contributed by atoms with van der Waals surface area (Å²) < 4.78 is 6.40. The van der Waals surface area contributed by atoms with Gasteiger partial charge in [0.05, 0.1) is 18.5 Å². The highest BCUT2D eigenvalue weighted by Crippen LogP contribution is 2.25. The predicted molar refractivity (Wildman–Crippen MR) is 110 cm³/mol. The van der Waals surface area contributed by atoms with Crippen LogP contribution >= 0.6 is 0 Å². The number of benzene rings is 1. The van der Waals surface area contributed by atoms with E-state index in [4.69, 9.17) is 4.74 Å². The molecule has 156 valence electrons. The van der Waals surface area contributed by atoms with E-state index in [1.54, 1.807) is 31.2 Å². The monoisotopic (exact) mass is 402 g/mol. The van der Waals surface area contributed by atoms with E-state index < -0.39 is 17.1 Å². The van der Waals surface area contributed by atoms with Gasteiger partial charge in [-0.3, -0.25) is 14.6 Å². The lowest BCUT2D eigenvalue weighted by molar-refractivity contribution is -0.121. The molecule has 0 fully saturated rings. The number of hydrazone groups is 1. The second-order valence-corrected chi connectivity index (χ2v) is 6.34. The minimum atomic E-state index is -0.822. The van der Waals surface area contributed by atoms with E-state index in [0.717, 1.165) is 36.5 Å². The molecule has 0 unspecified atom stereocenters. The van der Waals surface area contributed by atoms with Crippen LogP contribution in [0.15, 0.2) is 39.0 Å². The molecule has 0 aliphatic carbocycles. The number of nitrogens with zero attached hydrogens (tertiary/aromatic N) is 2. The first-order valence-electron chi connectivity index (χ1n) is 9.62. The Kier molecular flexibility index (Phi) is 8.20. The average molecular weight is 402 g/mol. The van der Waals surface area contributed by atoms with Gasteiger partial charge < -0.3 is 9.84 Å². The number of H-pyrrole nitrogens is 1. The Morgan fingerprint density at radius 1 is 1.24 bits per heavy atom. The molecule has 1 amide bonds. The van der Waals surface area contributed by atoms with E-state index in [1.807, 2.05) is 0 Å². The minimum absolute atomic E-state index is 0.262. The number of aromatic hydroxyl groups is 1. The lowest BCUT2D eigenvalue weighted by Gasteiger charge is -2.13. The van der Waals surface area contributed by atoms with E-state index in [2.05, 4.69) is 22.4 Å². The summed E-state index contributed by atoms with van der Waals surface area (Å²) in [4.78, 5) is 38.3.